The Balaban J connectivity index is 2.18. The lowest BCUT2D eigenvalue weighted by Crippen LogP contribution is -2.33. The zero-order chi connectivity index (χ0) is 13.4. The van der Waals surface area contributed by atoms with Crippen molar-refractivity contribution < 1.29 is 4.79 Å². The Hall–Kier alpha value is -1.91. The summed E-state index contributed by atoms with van der Waals surface area (Å²) in [5.41, 5.74) is 1.02. The molecule has 1 atom stereocenters. The molecule has 0 aliphatic rings. The Bertz CT molecular complexity index is 391. The molecule has 1 rings (SSSR count). The van der Waals surface area contributed by atoms with E-state index in [4.69, 9.17) is 0 Å². The number of rotatable bonds is 7. The molecule has 98 valence electrons. The molecule has 18 heavy (non-hydrogen) atoms. The van der Waals surface area contributed by atoms with Crippen molar-refractivity contribution in [2.24, 2.45) is 5.92 Å². The summed E-state index contributed by atoms with van der Waals surface area (Å²) >= 11 is 0. The van der Waals surface area contributed by atoms with Crippen LogP contribution in [-0.4, -0.2) is 29.0 Å². The van der Waals surface area contributed by atoms with Gasteiger partial charge in [0.25, 0.3) is 0 Å². The van der Waals surface area contributed by atoms with Gasteiger partial charge >= 0.3 is 0 Å². The van der Waals surface area contributed by atoms with Crippen LogP contribution in [-0.2, 0) is 4.79 Å². The van der Waals surface area contributed by atoms with E-state index in [9.17, 15) is 4.79 Å². The van der Waals surface area contributed by atoms with Crippen LogP contribution in [0.1, 0.15) is 20.3 Å². The number of carbonyl (C=O) groups is 1. The van der Waals surface area contributed by atoms with Crippen molar-refractivity contribution in [2.75, 3.05) is 18.4 Å². The topological polar surface area (TPSA) is 66.9 Å². The average Bonchev–Trinajstić information content (AvgIpc) is 2.34. The van der Waals surface area contributed by atoms with Gasteiger partial charge in [0.15, 0.2) is 0 Å². The molecule has 1 aromatic heterocycles. The quantitative estimate of drug-likeness (QED) is 0.568. The van der Waals surface area contributed by atoms with E-state index in [2.05, 4.69) is 27.2 Å². The normalized spacial score (nSPS) is 11.7. The zero-order valence-corrected chi connectivity index (χ0v) is 10.9. The smallest absolute Gasteiger partial charge is 0.223 e. The first-order valence-corrected chi connectivity index (χ1v) is 6.02. The van der Waals surface area contributed by atoms with Gasteiger partial charge in [-0.3, -0.25) is 4.79 Å². The SMILES string of the molecule is C=C(C)CC(C)C(=O)NCCNc1ncccn1. The minimum absolute atomic E-state index is 0.0320. The van der Waals surface area contributed by atoms with Crippen LogP contribution in [0.4, 0.5) is 5.95 Å². The molecule has 0 fully saturated rings. The minimum atomic E-state index is -0.0320. The molecule has 0 radical (unpaired) electrons. The van der Waals surface area contributed by atoms with Crippen LogP contribution in [0.5, 0.6) is 0 Å². The summed E-state index contributed by atoms with van der Waals surface area (Å²) in [6.07, 6.45) is 4.06. The number of nitrogens with one attached hydrogen (secondary N) is 2. The van der Waals surface area contributed by atoms with Crippen molar-refractivity contribution in [1.82, 2.24) is 15.3 Å². The highest BCUT2D eigenvalue weighted by molar-refractivity contribution is 5.78. The highest BCUT2D eigenvalue weighted by Crippen LogP contribution is 2.08. The van der Waals surface area contributed by atoms with Crippen LogP contribution in [0.25, 0.3) is 0 Å². The molecule has 0 aliphatic carbocycles. The molecular formula is C13H20N4O. The fourth-order valence-electron chi connectivity index (χ4n) is 1.54. The van der Waals surface area contributed by atoms with Crippen molar-refractivity contribution in [3.8, 4) is 0 Å². The molecular weight excluding hydrogens is 228 g/mol. The van der Waals surface area contributed by atoms with E-state index >= 15 is 0 Å². The third-order valence-corrected chi connectivity index (χ3v) is 2.38. The Morgan fingerprint density at radius 2 is 2.06 bits per heavy atom. The Morgan fingerprint density at radius 1 is 1.39 bits per heavy atom. The Kier molecular flexibility index (Phi) is 5.84. The van der Waals surface area contributed by atoms with Gasteiger partial charge in [0, 0.05) is 31.4 Å². The van der Waals surface area contributed by atoms with E-state index in [1.54, 1.807) is 18.5 Å². The second kappa shape index (κ2) is 7.42. The molecule has 2 N–H and O–H groups in total. The minimum Gasteiger partial charge on any atom is -0.354 e. The van der Waals surface area contributed by atoms with Gasteiger partial charge in [0.05, 0.1) is 0 Å². The first-order chi connectivity index (χ1) is 8.59. The number of hydrogen-bond donors (Lipinski definition) is 2. The summed E-state index contributed by atoms with van der Waals surface area (Å²) in [5.74, 6) is 0.589. The maximum atomic E-state index is 11.7. The fourth-order valence-corrected chi connectivity index (χ4v) is 1.54. The molecule has 1 unspecified atom stereocenters. The lowest BCUT2D eigenvalue weighted by molar-refractivity contribution is -0.124. The van der Waals surface area contributed by atoms with Gasteiger partial charge in [-0.05, 0) is 19.4 Å². The van der Waals surface area contributed by atoms with Gasteiger partial charge in [0.1, 0.15) is 0 Å². The summed E-state index contributed by atoms with van der Waals surface area (Å²) in [7, 11) is 0. The van der Waals surface area contributed by atoms with Crippen LogP contribution < -0.4 is 10.6 Å². The van der Waals surface area contributed by atoms with Gasteiger partial charge in [-0.15, -0.1) is 6.58 Å². The van der Waals surface area contributed by atoms with Crippen molar-refractivity contribution in [1.29, 1.82) is 0 Å². The maximum Gasteiger partial charge on any atom is 0.223 e. The van der Waals surface area contributed by atoms with Crippen LogP contribution >= 0.6 is 0 Å². The number of amides is 1. The highest BCUT2D eigenvalue weighted by atomic mass is 16.1. The number of allylic oxidation sites excluding steroid dienone is 1. The third-order valence-electron chi connectivity index (χ3n) is 2.38. The van der Waals surface area contributed by atoms with Crippen LogP contribution in [0.3, 0.4) is 0 Å². The molecule has 0 bridgehead atoms. The van der Waals surface area contributed by atoms with Gasteiger partial charge in [-0.2, -0.15) is 0 Å². The first-order valence-electron chi connectivity index (χ1n) is 6.02. The van der Waals surface area contributed by atoms with E-state index in [-0.39, 0.29) is 11.8 Å². The second-order valence-electron chi connectivity index (χ2n) is 4.35. The predicted octanol–water partition coefficient (Wildman–Crippen LogP) is 1.61. The van der Waals surface area contributed by atoms with Crippen molar-refractivity contribution in [3.63, 3.8) is 0 Å². The maximum absolute atomic E-state index is 11.7. The van der Waals surface area contributed by atoms with E-state index in [1.165, 1.54) is 0 Å². The van der Waals surface area contributed by atoms with Gasteiger partial charge in [0.2, 0.25) is 11.9 Å². The van der Waals surface area contributed by atoms with E-state index in [0.717, 1.165) is 12.0 Å². The Labute approximate surface area is 108 Å². The molecule has 0 saturated heterocycles. The van der Waals surface area contributed by atoms with E-state index < -0.39 is 0 Å². The lowest BCUT2D eigenvalue weighted by Gasteiger charge is -2.12. The highest BCUT2D eigenvalue weighted by Gasteiger charge is 2.11. The summed E-state index contributed by atoms with van der Waals surface area (Å²) < 4.78 is 0. The molecule has 5 nitrogen and oxygen atoms in total. The van der Waals surface area contributed by atoms with Crippen LogP contribution in [0.2, 0.25) is 0 Å². The first kappa shape index (κ1) is 14.2. The largest absolute Gasteiger partial charge is 0.354 e. The average molecular weight is 248 g/mol. The van der Waals surface area contributed by atoms with Crippen LogP contribution in [0, 0.1) is 5.92 Å². The van der Waals surface area contributed by atoms with Crippen molar-refractivity contribution in [2.45, 2.75) is 20.3 Å². The van der Waals surface area contributed by atoms with Gasteiger partial charge in [-0.25, -0.2) is 9.97 Å². The molecule has 1 aromatic rings. The number of hydrogen-bond acceptors (Lipinski definition) is 4. The zero-order valence-electron chi connectivity index (χ0n) is 10.9. The summed E-state index contributed by atoms with van der Waals surface area (Å²) in [6.45, 7) is 8.79. The summed E-state index contributed by atoms with van der Waals surface area (Å²) in [6, 6.07) is 1.76. The number of carbonyl (C=O) groups excluding carboxylic acids is 1. The lowest BCUT2D eigenvalue weighted by atomic mass is 10.0. The summed E-state index contributed by atoms with van der Waals surface area (Å²) in [5, 5.41) is 5.89. The second-order valence-corrected chi connectivity index (χ2v) is 4.35. The molecule has 1 heterocycles. The molecule has 0 spiro atoms. The Morgan fingerprint density at radius 3 is 2.67 bits per heavy atom. The summed E-state index contributed by atoms with van der Waals surface area (Å²) in [4.78, 5) is 19.7. The predicted molar refractivity (Wildman–Crippen MR) is 72.1 cm³/mol. The standard InChI is InChI=1S/C13H20N4O/c1-10(2)9-11(3)12(18)14-7-8-17-13-15-5-4-6-16-13/h4-6,11H,1,7-9H2,2-3H3,(H,14,18)(H,15,16,17). The van der Waals surface area contributed by atoms with Crippen molar-refractivity contribution >= 4 is 11.9 Å². The monoisotopic (exact) mass is 248 g/mol. The number of nitrogens with zero attached hydrogens (tertiary/aromatic N) is 2. The van der Waals surface area contributed by atoms with E-state index in [1.807, 2.05) is 13.8 Å². The van der Waals surface area contributed by atoms with Gasteiger partial charge in [-0.1, -0.05) is 12.5 Å². The molecule has 0 aromatic carbocycles. The van der Waals surface area contributed by atoms with Crippen LogP contribution in [0.15, 0.2) is 30.6 Å². The van der Waals surface area contributed by atoms with Crippen molar-refractivity contribution in [3.05, 3.63) is 30.6 Å². The molecule has 0 aliphatic heterocycles. The van der Waals surface area contributed by atoms with Gasteiger partial charge < -0.3 is 10.6 Å². The molecule has 1 amide bonds. The third kappa shape index (κ3) is 5.43. The number of aromatic nitrogens is 2. The molecule has 0 saturated carbocycles. The van der Waals surface area contributed by atoms with E-state index in [0.29, 0.717) is 19.0 Å². The molecule has 5 heteroatoms. The number of anilines is 1. The fraction of sp³-hybridized carbons (Fsp3) is 0.462.